The first kappa shape index (κ1) is 43.1. The van der Waals surface area contributed by atoms with Crippen molar-refractivity contribution < 1.29 is 14.2 Å². The molecule has 0 saturated heterocycles. The topological polar surface area (TPSA) is 67.8 Å². The molecule has 1 fully saturated rings. The van der Waals surface area contributed by atoms with Gasteiger partial charge in [-0.3, -0.25) is 0 Å². The molecule has 5 heteroatoms. The highest BCUT2D eigenvalue weighted by atomic mass is 19.1. The summed E-state index contributed by atoms with van der Waals surface area (Å²) < 4.78 is 22.6. The van der Waals surface area contributed by atoms with Gasteiger partial charge in [0.2, 0.25) is 0 Å². The Balaban J connectivity index is 0.00000198. The molecule has 0 amide bonds. The van der Waals surface area contributed by atoms with E-state index >= 15 is 4.39 Å². The van der Waals surface area contributed by atoms with Gasteiger partial charge in [-0.25, -0.2) is 9.38 Å². The number of nitrogens with zero attached hydrogens (tertiary/aromatic N) is 1. The predicted molar refractivity (Wildman–Crippen MR) is 202 cm³/mol. The van der Waals surface area contributed by atoms with Crippen LogP contribution in [0.25, 0.3) is 11.6 Å². The molecule has 46 heavy (non-hydrogen) atoms. The molecule has 1 unspecified atom stereocenters. The van der Waals surface area contributed by atoms with E-state index in [9.17, 15) is 5.11 Å². The maximum absolute atomic E-state index is 16.6. The summed E-state index contributed by atoms with van der Waals surface area (Å²) in [6, 6.07) is 0. The van der Waals surface area contributed by atoms with Crippen molar-refractivity contribution in [2.45, 2.75) is 142 Å². The second kappa shape index (κ2) is 21.1. The second-order valence-corrected chi connectivity index (χ2v) is 12.5. The average molecular weight is 639 g/mol. The van der Waals surface area contributed by atoms with Crippen LogP contribution in [0.5, 0.6) is 0 Å². The van der Waals surface area contributed by atoms with Crippen LogP contribution in [-0.4, -0.2) is 17.6 Å². The van der Waals surface area contributed by atoms with Gasteiger partial charge in [0.1, 0.15) is 5.69 Å². The van der Waals surface area contributed by atoms with Gasteiger partial charge >= 0.3 is 0 Å². The highest BCUT2D eigenvalue weighted by Gasteiger charge is 2.41. The minimum atomic E-state index is -0.501. The van der Waals surface area contributed by atoms with Gasteiger partial charge in [-0.1, -0.05) is 98.6 Å². The monoisotopic (exact) mass is 639 g/mol. The lowest BCUT2D eigenvalue weighted by Gasteiger charge is -2.24. The van der Waals surface area contributed by atoms with E-state index in [0.29, 0.717) is 52.4 Å². The summed E-state index contributed by atoms with van der Waals surface area (Å²) in [5.41, 5.74) is 13.4. The molecule has 1 aliphatic rings. The van der Waals surface area contributed by atoms with Gasteiger partial charge in [0.15, 0.2) is 11.7 Å². The Kier molecular flexibility index (Phi) is 19.7. The molecule has 0 radical (unpaired) electrons. The van der Waals surface area contributed by atoms with Crippen LogP contribution in [0.1, 0.15) is 151 Å². The minimum Gasteiger partial charge on any atom is -0.480 e. The standard InChI is InChI=1S/C32H45FN2O2.C7H16.C2H6/c1-11-19(5)20(6)28(21(7)23(9)34)22(8)29-25(12-2)27(17-36)26(13-3)31(30(29)33)35-24(10)37-18-32(14-4)15-16-32;1-4-6-7(3)5-2;1-2/h11,13,36H,3,8,12,14-18,34H2,1-2,4-7,9-10H3;7H,4-6H2,1-3H3;1-2H3/b19-11-,23-21+,28-20-,35-24?;;. The number of nitrogens with two attached hydrogens (primary N) is 1. The van der Waals surface area contributed by atoms with Crippen molar-refractivity contribution in [3.05, 3.63) is 75.3 Å². The Morgan fingerprint density at radius 2 is 1.65 bits per heavy atom. The number of ether oxygens (including phenoxy) is 1. The van der Waals surface area contributed by atoms with E-state index in [-0.39, 0.29) is 17.7 Å². The number of aliphatic hydroxyl groups excluding tert-OH is 1. The first-order chi connectivity index (χ1) is 21.7. The molecular formula is C41H67FN2O2. The van der Waals surface area contributed by atoms with Crippen LogP contribution in [-0.2, 0) is 17.8 Å². The molecule has 1 aromatic carbocycles. The van der Waals surface area contributed by atoms with E-state index in [1.807, 2.05) is 61.5 Å². The summed E-state index contributed by atoms with van der Waals surface area (Å²) in [6.07, 6.45) is 11.5. The number of allylic oxidation sites excluding steroid dienone is 7. The molecule has 0 spiro atoms. The fraction of sp³-hybridized carbons (Fsp3) is 0.585. The number of hydrogen-bond donors (Lipinski definition) is 2. The van der Waals surface area contributed by atoms with E-state index in [1.54, 1.807) is 13.0 Å². The van der Waals surface area contributed by atoms with Gasteiger partial charge < -0.3 is 15.6 Å². The first-order valence-corrected chi connectivity index (χ1v) is 17.5. The fourth-order valence-electron chi connectivity index (χ4n) is 5.43. The molecule has 1 atom stereocenters. The maximum Gasteiger partial charge on any atom is 0.185 e. The van der Waals surface area contributed by atoms with Gasteiger partial charge in [-0.2, -0.15) is 0 Å². The quantitative estimate of drug-likeness (QED) is 0.121. The molecule has 1 saturated carbocycles. The Morgan fingerprint density at radius 3 is 2.02 bits per heavy atom. The number of aliphatic imine (C=N–C) groups is 1. The molecule has 4 nitrogen and oxygen atoms in total. The van der Waals surface area contributed by atoms with Crippen molar-refractivity contribution in [2.75, 3.05) is 6.61 Å². The van der Waals surface area contributed by atoms with Gasteiger partial charge in [0.05, 0.1) is 13.2 Å². The summed E-state index contributed by atoms with van der Waals surface area (Å²) in [5.74, 6) is 0.835. The summed E-state index contributed by atoms with van der Waals surface area (Å²) >= 11 is 0. The van der Waals surface area contributed by atoms with Crippen LogP contribution in [0.4, 0.5) is 10.1 Å². The Morgan fingerprint density at radius 1 is 1.07 bits per heavy atom. The smallest absolute Gasteiger partial charge is 0.185 e. The third kappa shape index (κ3) is 11.4. The van der Waals surface area contributed by atoms with E-state index < -0.39 is 5.82 Å². The zero-order valence-corrected chi connectivity index (χ0v) is 31.8. The molecule has 0 aliphatic heterocycles. The van der Waals surface area contributed by atoms with Crippen molar-refractivity contribution in [3.63, 3.8) is 0 Å². The molecule has 0 aromatic heterocycles. The van der Waals surface area contributed by atoms with E-state index in [2.05, 4.69) is 45.8 Å². The number of benzene rings is 1. The maximum atomic E-state index is 16.6. The molecular weight excluding hydrogens is 571 g/mol. The zero-order valence-electron chi connectivity index (χ0n) is 31.8. The summed E-state index contributed by atoms with van der Waals surface area (Å²) in [5, 5.41) is 10.4. The lowest BCUT2D eigenvalue weighted by Crippen LogP contribution is -2.13. The van der Waals surface area contributed by atoms with Gasteiger partial charge in [0, 0.05) is 29.2 Å². The Hall–Kier alpha value is -2.92. The Labute approximate surface area is 282 Å². The van der Waals surface area contributed by atoms with Crippen LogP contribution in [0, 0.1) is 17.2 Å². The second-order valence-electron chi connectivity index (χ2n) is 12.5. The molecule has 0 bridgehead atoms. The first-order valence-electron chi connectivity index (χ1n) is 17.5. The average Bonchev–Trinajstić information content (AvgIpc) is 3.85. The van der Waals surface area contributed by atoms with Crippen molar-refractivity contribution >= 4 is 23.2 Å². The molecule has 1 aromatic rings. The molecule has 3 N–H and O–H groups in total. The van der Waals surface area contributed by atoms with E-state index in [1.165, 1.54) is 19.3 Å². The number of rotatable bonds is 14. The molecule has 0 heterocycles. The zero-order chi connectivity index (χ0) is 35.8. The normalized spacial score (nSPS) is 15.7. The highest BCUT2D eigenvalue weighted by molar-refractivity contribution is 5.90. The van der Waals surface area contributed by atoms with Crippen LogP contribution < -0.4 is 5.73 Å². The highest BCUT2D eigenvalue weighted by Crippen LogP contribution is 2.49. The van der Waals surface area contributed by atoms with Crippen LogP contribution >= 0.6 is 0 Å². The van der Waals surface area contributed by atoms with Gasteiger partial charge in [-0.05, 0) is 99.6 Å². The largest absolute Gasteiger partial charge is 0.480 e. The van der Waals surface area contributed by atoms with E-state index in [0.717, 1.165) is 47.5 Å². The minimum absolute atomic E-state index is 0.108. The number of halogens is 1. The van der Waals surface area contributed by atoms with Crippen molar-refractivity contribution in [3.8, 4) is 0 Å². The van der Waals surface area contributed by atoms with Crippen molar-refractivity contribution in [1.29, 1.82) is 0 Å². The molecule has 260 valence electrons. The summed E-state index contributed by atoms with van der Waals surface area (Å²) in [4.78, 5) is 4.59. The Bertz CT molecular complexity index is 1290. The van der Waals surface area contributed by atoms with Gasteiger partial charge in [0.25, 0.3) is 0 Å². The van der Waals surface area contributed by atoms with Crippen LogP contribution in [0.2, 0.25) is 0 Å². The number of hydrogen-bond acceptors (Lipinski definition) is 4. The van der Waals surface area contributed by atoms with Crippen LogP contribution in [0.3, 0.4) is 0 Å². The fourth-order valence-corrected chi connectivity index (χ4v) is 5.43. The van der Waals surface area contributed by atoms with Crippen molar-refractivity contribution in [1.82, 2.24) is 0 Å². The molecule has 1 aliphatic carbocycles. The third-order valence-corrected chi connectivity index (χ3v) is 9.40. The SMILES string of the molecule is C=Cc1c(CO)c(CC)c(C(=C)C(=C(C)\C(C)=C/C)/C(C)=C(\C)N)c(F)c1N=C(C)OCC1(CC)CC1.CC.CCCC(C)CC. The summed E-state index contributed by atoms with van der Waals surface area (Å²) in [6.45, 7) is 35.0. The van der Waals surface area contributed by atoms with Crippen molar-refractivity contribution in [2.24, 2.45) is 22.1 Å². The number of aliphatic hydroxyl groups is 1. The van der Waals surface area contributed by atoms with E-state index in [4.69, 9.17) is 10.5 Å². The summed E-state index contributed by atoms with van der Waals surface area (Å²) in [7, 11) is 0. The van der Waals surface area contributed by atoms with Crippen LogP contribution in [0.15, 0.2) is 52.2 Å². The lowest BCUT2D eigenvalue weighted by atomic mass is 9.82. The lowest BCUT2D eigenvalue weighted by molar-refractivity contribution is 0.217. The predicted octanol–water partition coefficient (Wildman–Crippen LogP) is 12.2. The molecule has 2 rings (SSSR count). The third-order valence-electron chi connectivity index (χ3n) is 9.40. The van der Waals surface area contributed by atoms with Gasteiger partial charge in [-0.15, -0.1) is 0 Å².